The van der Waals surface area contributed by atoms with Gasteiger partial charge in [-0.3, -0.25) is 0 Å². The van der Waals surface area contributed by atoms with Crippen LogP contribution >= 0.6 is 0 Å². The molecule has 0 aliphatic heterocycles. The van der Waals surface area contributed by atoms with Crippen LogP contribution in [0.5, 0.6) is 0 Å². The molecule has 15 heavy (non-hydrogen) atoms. The molecular weight excluding hydrogens is 182 g/mol. The van der Waals surface area contributed by atoms with Crippen LogP contribution in [-0.2, 0) is 6.54 Å². The first-order chi connectivity index (χ1) is 7.18. The standard InChI is InChI=1S/C14H23N/c1-12(2)6-5-9-15-11-14-8-4-7-13(3)10-14/h4,7-8,10,12,15H,5-6,9,11H2,1-3H3. The van der Waals surface area contributed by atoms with Crippen molar-refractivity contribution in [2.24, 2.45) is 5.92 Å². The quantitative estimate of drug-likeness (QED) is 0.701. The molecule has 0 saturated carbocycles. The van der Waals surface area contributed by atoms with Gasteiger partial charge in [0.25, 0.3) is 0 Å². The minimum atomic E-state index is 0.825. The lowest BCUT2D eigenvalue weighted by molar-refractivity contribution is 0.527. The summed E-state index contributed by atoms with van der Waals surface area (Å²) in [6.45, 7) is 8.83. The molecule has 0 radical (unpaired) electrons. The van der Waals surface area contributed by atoms with Gasteiger partial charge in [0, 0.05) is 6.54 Å². The van der Waals surface area contributed by atoms with Gasteiger partial charge in [0.2, 0.25) is 0 Å². The van der Waals surface area contributed by atoms with Crippen LogP contribution < -0.4 is 5.32 Å². The minimum Gasteiger partial charge on any atom is -0.313 e. The average Bonchev–Trinajstić information content (AvgIpc) is 2.17. The maximum Gasteiger partial charge on any atom is 0.0205 e. The van der Waals surface area contributed by atoms with Gasteiger partial charge in [-0.2, -0.15) is 0 Å². The van der Waals surface area contributed by atoms with Gasteiger partial charge in [0.05, 0.1) is 0 Å². The first kappa shape index (κ1) is 12.3. The van der Waals surface area contributed by atoms with Crippen molar-refractivity contribution >= 4 is 0 Å². The summed E-state index contributed by atoms with van der Waals surface area (Å²) in [5, 5.41) is 3.48. The molecule has 0 saturated heterocycles. The number of nitrogens with one attached hydrogen (secondary N) is 1. The minimum absolute atomic E-state index is 0.825. The summed E-state index contributed by atoms with van der Waals surface area (Å²) in [6.07, 6.45) is 2.60. The highest BCUT2D eigenvalue weighted by atomic mass is 14.8. The lowest BCUT2D eigenvalue weighted by Gasteiger charge is -2.07. The van der Waals surface area contributed by atoms with E-state index in [1.807, 2.05) is 0 Å². The van der Waals surface area contributed by atoms with Crippen molar-refractivity contribution in [3.63, 3.8) is 0 Å². The Kier molecular flexibility index (Phi) is 5.41. The second kappa shape index (κ2) is 6.62. The number of hydrogen-bond acceptors (Lipinski definition) is 1. The lowest BCUT2D eigenvalue weighted by Crippen LogP contribution is -2.15. The Morgan fingerprint density at radius 2 is 2.07 bits per heavy atom. The zero-order valence-corrected chi connectivity index (χ0v) is 10.2. The fraction of sp³-hybridized carbons (Fsp3) is 0.571. The molecule has 0 unspecified atom stereocenters. The van der Waals surface area contributed by atoms with Gasteiger partial charge in [-0.1, -0.05) is 43.7 Å². The molecule has 1 rings (SSSR count). The van der Waals surface area contributed by atoms with Crippen molar-refractivity contribution in [2.45, 2.75) is 40.2 Å². The van der Waals surface area contributed by atoms with Gasteiger partial charge in [0.15, 0.2) is 0 Å². The van der Waals surface area contributed by atoms with Crippen LogP contribution in [0.1, 0.15) is 37.8 Å². The van der Waals surface area contributed by atoms with Crippen molar-refractivity contribution < 1.29 is 0 Å². The third kappa shape index (κ3) is 5.58. The summed E-state index contributed by atoms with van der Waals surface area (Å²) in [7, 11) is 0. The van der Waals surface area contributed by atoms with E-state index in [1.165, 1.54) is 24.0 Å². The summed E-state index contributed by atoms with van der Waals surface area (Å²) in [5.74, 6) is 0.825. The molecule has 0 amide bonds. The Morgan fingerprint density at radius 1 is 1.27 bits per heavy atom. The van der Waals surface area contributed by atoms with Gasteiger partial charge in [-0.15, -0.1) is 0 Å². The van der Waals surface area contributed by atoms with Crippen LogP contribution in [0.2, 0.25) is 0 Å². The number of aryl methyl sites for hydroxylation is 1. The van der Waals surface area contributed by atoms with Gasteiger partial charge < -0.3 is 5.32 Å². The molecule has 0 bridgehead atoms. The first-order valence-electron chi connectivity index (χ1n) is 5.94. The SMILES string of the molecule is Cc1cccc(CNCCCC(C)C)c1. The number of rotatable bonds is 6. The van der Waals surface area contributed by atoms with E-state index in [1.54, 1.807) is 0 Å². The normalized spacial score (nSPS) is 10.9. The molecule has 0 aliphatic carbocycles. The van der Waals surface area contributed by atoms with E-state index >= 15 is 0 Å². The van der Waals surface area contributed by atoms with Crippen molar-refractivity contribution in [1.82, 2.24) is 5.32 Å². The maximum atomic E-state index is 3.48. The fourth-order valence-electron chi connectivity index (χ4n) is 1.69. The largest absolute Gasteiger partial charge is 0.313 e. The molecule has 1 aromatic rings. The van der Waals surface area contributed by atoms with E-state index in [0.29, 0.717) is 0 Å². The van der Waals surface area contributed by atoms with Gasteiger partial charge >= 0.3 is 0 Å². The Labute approximate surface area is 93.9 Å². The molecule has 0 atom stereocenters. The van der Waals surface area contributed by atoms with Gasteiger partial charge in [0.1, 0.15) is 0 Å². The molecule has 1 aromatic carbocycles. The van der Waals surface area contributed by atoms with Crippen LogP contribution in [0.3, 0.4) is 0 Å². The van der Waals surface area contributed by atoms with Gasteiger partial charge in [-0.05, 0) is 37.8 Å². The molecule has 0 spiro atoms. The molecule has 1 N–H and O–H groups in total. The van der Waals surface area contributed by atoms with Crippen LogP contribution in [0.15, 0.2) is 24.3 Å². The third-order valence-corrected chi connectivity index (χ3v) is 2.55. The molecular formula is C14H23N. The zero-order chi connectivity index (χ0) is 11.1. The van der Waals surface area contributed by atoms with E-state index in [-0.39, 0.29) is 0 Å². The number of benzene rings is 1. The summed E-state index contributed by atoms with van der Waals surface area (Å²) in [4.78, 5) is 0. The highest BCUT2D eigenvalue weighted by Crippen LogP contribution is 2.04. The molecule has 0 aliphatic rings. The molecule has 84 valence electrons. The molecule has 1 heteroatoms. The van der Waals surface area contributed by atoms with E-state index in [0.717, 1.165) is 19.0 Å². The Hall–Kier alpha value is -0.820. The smallest absolute Gasteiger partial charge is 0.0205 e. The fourth-order valence-corrected chi connectivity index (χ4v) is 1.69. The van der Waals surface area contributed by atoms with Crippen molar-refractivity contribution in [2.75, 3.05) is 6.54 Å². The van der Waals surface area contributed by atoms with Gasteiger partial charge in [-0.25, -0.2) is 0 Å². The second-order valence-electron chi connectivity index (χ2n) is 4.70. The summed E-state index contributed by atoms with van der Waals surface area (Å²) >= 11 is 0. The van der Waals surface area contributed by atoms with Crippen molar-refractivity contribution in [3.05, 3.63) is 35.4 Å². The lowest BCUT2D eigenvalue weighted by atomic mass is 10.1. The Balaban J connectivity index is 2.15. The van der Waals surface area contributed by atoms with Crippen LogP contribution in [0.4, 0.5) is 0 Å². The van der Waals surface area contributed by atoms with Crippen molar-refractivity contribution in [3.8, 4) is 0 Å². The Morgan fingerprint density at radius 3 is 2.73 bits per heavy atom. The van der Waals surface area contributed by atoms with Crippen LogP contribution in [0, 0.1) is 12.8 Å². The van der Waals surface area contributed by atoms with E-state index in [4.69, 9.17) is 0 Å². The third-order valence-electron chi connectivity index (χ3n) is 2.55. The maximum absolute atomic E-state index is 3.48. The van der Waals surface area contributed by atoms with E-state index in [9.17, 15) is 0 Å². The van der Waals surface area contributed by atoms with Crippen LogP contribution in [0.25, 0.3) is 0 Å². The second-order valence-corrected chi connectivity index (χ2v) is 4.70. The average molecular weight is 205 g/mol. The van der Waals surface area contributed by atoms with E-state index in [2.05, 4.69) is 50.4 Å². The molecule has 1 nitrogen and oxygen atoms in total. The molecule has 0 fully saturated rings. The number of hydrogen-bond donors (Lipinski definition) is 1. The summed E-state index contributed by atoms with van der Waals surface area (Å²) < 4.78 is 0. The highest BCUT2D eigenvalue weighted by molar-refractivity contribution is 5.21. The highest BCUT2D eigenvalue weighted by Gasteiger charge is 1.95. The Bertz CT molecular complexity index is 278. The van der Waals surface area contributed by atoms with Crippen molar-refractivity contribution in [1.29, 1.82) is 0 Å². The molecule has 0 heterocycles. The predicted octanol–water partition coefficient (Wildman–Crippen LogP) is 3.52. The molecule has 0 aromatic heterocycles. The zero-order valence-electron chi connectivity index (χ0n) is 10.2. The predicted molar refractivity (Wildman–Crippen MR) is 67.0 cm³/mol. The summed E-state index contributed by atoms with van der Waals surface area (Å²) in [5.41, 5.74) is 2.73. The first-order valence-corrected chi connectivity index (χ1v) is 5.94. The monoisotopic (exact) mass is 205 g/mol. The topological polar surface area (TPSA) is 12.0 Å². The summed E-state index contributed by atoms with van der Waals surface area (Å²) in [6, 6.07) is 8.70. The van der Waals surface area contributed by atoms with Crippen LogP contribution in [-0.4, -0.2) is 6.54 Å². The van der Waals surface area contributed by atoms with E-state index < -0.39 is 0 Å².